The minimum Gasteiger partial charge on any atom is -0.392 e. The second-order valence-corrected chi connectivity index (χ2v) is 2.43. The first kappa shape index (κ1) is 7.28. The summed E-state index contributed by atoms with van der Waals surface area (Å²) < 4.78 is 1.78. The second-order valence-electron chi connectivity index (χ2n) is 2.43. The molecule has 0 spiro atoms. The van der Waals surface area contributed by atoms with Crippen LogP contribution in [0.15, 0.2) is 0 Å². The van der Waals surface area contributed by atoms with E-state index in [-0.39, 0.29) is 6.61 Å². The number of aromatic nitrogens is 2. The van der Waals surface area contributed by atoms with Gasteiger partial charge in [-0.2, -0.15) is 5.10 Å². The van der Waals surface area contributed by atoms with Crippen molar-refractivity contribution in [1.29, 1.82) is 0 Å². The van der Waals surface area contributed by atoms with Crippen LogP contribution < -0.4 is 0 Å². The molecule has 3 heteroatoms. The van der Waals surface area contributed by atoms with Crippen LogP contribution in [-0.4, -0.2) is 14.9 Å². The van der Waals surface area contributed by atoms with Gasteiger partial charge in [0.05, 0.1) is 12.3 Å². The standard InChI is InChI=1S/C7H12N2O/c1-5-7(4-10)6(2)9(3)8-5/h10H,4H2,1-3H3. The molecule has 0 unspecified atom stereocenters. The number of aryl methyl sites for hydroxylation is 2. The molecule has 1 N–H and O–H groups in total. The molecule has 1 aromatic rings. The Bertz CT molecular complexity index is 240. The van der Waals surface area contributed by atoms with Crippen molar-refractivity contribution in [3.8, 4) is 0 Å². The van der Waals surface area contributed by atoms with Crippen LogP contribution in [0.2, 0.25) is 0 Å². The summed E-state index contributed by atoms with van der Waals surface area (Å²) >= 11 is 0. The van der Waals surface area contributed by atoms with Gasteiger partial charge in [0.15, 0.2) is 0 Å². The van der Waals surface area contributed by atoms with Crippen molar-refractivity contribution >= 4 is 0 Å². The predicted molar refractivity (Wildman–Crippen MR) is 38.6 cm³/mol. The average Bonchev–Trinajstić information content (AvgIpc) is 2.09. The highest BCUT2D eigenvalue weighted by molar-refractivity contribution is 5.22. The summed E-state index contributed by atoms with van der Waals surface area (Å²) in [6.07, 6.45) is 0. The zero-order valence-corrected chi connectivity index (χ0v) is 6.55. The predicted octanol–water partition coefficient (Wildman–Crippen LogP) is 0.529. The van der Waals surface area contributed by atoms with E-state index in [1.807, 2.05) is 20.9 Å². The minimum absolute atomic E-state index is 0.0888. The van der Waals surface area contributed by atoms with Crippen LogP contribution in [-0.2, 0) is 13.7 Å². The van der Waals surface area contributed by atoms with E-state index in [1.165, 1.54) is 0 Å². The molecule has 0 aliphatic carbocycles. The summed E-state index contributed by atoms with van der Waals surface area (Å²) in [5.74, 6) is 0. The Morgan fingerprint density at radius 2 is 2.10 bits per heavy atom. The Morgan fingerprint density at radius 1 is 1.50 bits per heavy atom. The largest absolute Gasteiger partial charge is 0.392 e. The van der Waals surface area contributed by atoms with E-state index in [0.717, 1.165) is 17.0 Å². The van der Waals surface area contributed by atoms with Crippen LogP contribution in [0.25, 0.3) is 0 Å². The highest BCUT2D eigenvalue weighted by Crippen LogP contribution is 2.10. The van der Waals surface area contributed by atoms with E-state index in [9.17, 15) is 0 Å². The number of hydrogen-bond donors (Lipinski definition) is 1. The van der Waals surface area contributed by atoms with Crippen molar-refractivity contribution < 1.29 is 5.11 Å². The van der Waals surface area contributed by atoms with E-state index in [1.54, 1.807) is 4.68 Å². The van der Waals surface area contributed by atoms with Crippen molar-refractivity contribution in [3.63, 3.8) is 0 Å². The molecule has 0 saturated heterocycles. The van der Waals surface area contributed by atoms with Crippen molar-refractivity contribution in [2.24, 2.45) is 7.05 Å². The maximum Gasteiger partial charge on any atom is 0.0717 e. The number of nitrogens with zero attached hydrogens (tertiary/aromatic N) is 2. The number of aliphatic hydroxyl groups is 1. The van der Waals surface area contributed by atoms with Crippen molar-refractivity contribution in [3.05, 3.63) is 17.0 Å². The number of rotatable bonds is 1. The lowest BCUT2D eigenvalue weighted by Crippen LogP contribution is -1.93. The Kier molecular flexibility index (Phi) is 1.76. The smallest absolute Gasteiger partial charge is 0.0717 e. The lowest BCUT2D eigenvalue weighted by Gasteiger charge is -1.94. The molecule has 56 valence electrons. The molecule has 0 aliphatic heterocycles. The fraction of sp³-hybridized carbons (Fsp3) is 0.571. The molecule has 0 radical (unpaired) electrons. The van der Waals surface area contributed by atoms with Gasteiger partial charge in [0.2, 0.25) is 0 Å². The van der Waals surface area contributed by atoms with E-state index in [4.69, 9.17) is 5.11 Å². The van der Waals surface area contributed by atoms with Crippen LogP contribution in [0.3, 0.4) is 0 Å². The molecule has 0 aromatic carbocycles. The van der Waals surface area contributed by atoms with Gasteiger partial charge in [-0.15, -0.1) is 0 Å². The van der Waals surface area contributed by atoms with Gasteiger partial charge < -0.3 is 5.11 Å². The van der Waals surface area contributed by atoms with Gasteiger partial charge in [-0.25, -0.2) is 0 Å². The lowest BCUT2D eigenvalue weighted by molar-refractivity contribution is 0.280. The maximum atomic E-state index is 8.86. The van der Waals surface area contributed by atoms with E-state index in [0.29, 0.717) is 0 Å². The molecule has 1 rings (SSSR count). The molecule has 0 bridgehead atoms. The van der Waals surface area contributed by atoms with Crippen LogP contribution in [0.1, 0.15) is 17.0 Å². The SMILES string of the molecule is Cc1nn(C)c(C)c1CO. The van der Waals surface area contributed by atoms with E-state index < -0.39 is 0 Å². The summed E-state index contributed by atoms with van der Waals surface area (Å²) in [4.78, 5) is 0. The van der Waals surface area contributed by atoms with Gasteiger partial charge in [0, 0.05) is 18.3 Å². The zero-order valence-electron chi connectivity index (χ0n) is 6.55. The van der Waals surface area contributed by atoms with Crippen molar-refractivity contribution in [2.75, 3.05) is 0 Å². The van der Waals surface area contributed by atoms with Crippen LogP contribution in [0.5, 0.6) is 0 Å². The van der Waals surface area contributed by atoms with E-state index >= 15 is 0 Å². The van der Waals surface area contributed by atoms with Crippen LogP contribution >= 0.6 is 0 Å². The molecular formula is C7H12N2O. The quantitative estimate of drug-likeness (QED) is 0.618. The molecule has 0 fully saturated rings. The molecule has 3 nitrogen and oxygen atoms in total. The molecule has 1 aromatic heterocycles. The van der Waals surface area contributed by atoms with Gasteiger partial charge in [-0.3, -0.25) is 4.68 Å². The number of hydrogen-bond acceptors (Lipinski definition) is 2. The van der Waals surface area contributed by atoms with Gasteiger partial charge >= 0.3 is 0 Å². The molecule has 10 heavy (non-hydrogen) atoms. The Morgan fingerprint density at radius 3 is 2.30 bits per heavy atom. The summed E-state index contributed by atoms with van der Waals surface area (Å²) in [5, 5.41) is 13.0. The van der Waals surface area contributed by atoms with Crippen LogP contribution in [0.4, 0.5) is 0 Å². The zero-order chi connectivity index (χ0) is 7.72. The molecule has 1 heterocycles. The van der Waals surface area contributed by atoms with Crippen molar-refractivity contribution in [2.45, 2.75) is 20.5 Å². The number of aliphatic hydroxyl groups excluding tert-OH is 1. The molecule has 0 aliphatic rings. The van der Waals surface area contributed by atoms with Gasteiger partial charge in [0.25, 0.3) is 0 Å². The second kappa shape index (κ2) is 2.42. The Labute approximate surface area is 60.3 Å². The van der Waals surface area contributed by atoms with Crippen molar-refractivity contribution in [1.82, 2.24) is 9.78 Å². The first-order valence-corrected chi connectivity index (χ1v) is 3.26. The Balaban J connectivity index is 3.20. The summed E-state index contributed by atoms with van der Waals surface area (Å²) in [6.45, 7) is 3.94. The molecule has 0 saturated carbocycles. The lowest BCUT2D eigenvalue weighted by atomic mass is 10.2. The summed E-state index contributed by atoms with van der Waals surface area (Å²) in [5.41, 5.74) is 2.91. The fourth-order valence-corrected chi connectivity index (χ4v) is 1.05. The minimum atomic E-state index is 0.0888. The highest BCUT2D eigenvalue weighted by atomic mass is 16.3. The fourth-order valence-electron chi connectivity index (χ4n) is 1.05. The normalized spacial score (nSPS) is 10.4. The third-order valence-corrected chi connectivity index (χ3v) is 1.82. The van der Waals surface area contributed by atoms with Gasteiger partial charge in [0.1, 0.15) is 0 Å². The van der Waals surface area contributed by atoms with Gasteiger partial charge in [-0.05, 0) is 13.8 Å². The van der Waals surface area contributed by atoms with E-state index in [2.05, 4.69) is 5.10 Å². The monoisotopic (exact) mass is 140 g/mol. The Hall–Kier alpha value is -0.830. The topological polar surface area (TPSA) is 38.0 Å². The first-order chi connectivity index (χ1) is 4.66. The molecular weight excluding hydrogens is 128 g/mol. The highest BCUT2D eigenvalue weighted by Gasteiger charge is 2.06. The first-order valence-electron chi connectivity index (χ1n) is 3.26. The van der Waals surface area contributed by atoms with Crippen LogP contribution in [0, 0.1) is 13.8 Å². The third kappa shape index (κ3) is 0.926. The molecule has 0 atom stereocenters. The maximum absolute atomic E-state index is 8.86. The average molecular weight is 140 g/mol. The summed E-state index contributed by atoms with van der Waals surface area (Å²) in [7, 11) is 1.88. The third-order valence-electron chi connectivity index (χ3n) is 1.82. The summed E-state index contributed by atoms with van der Waals surface area (Å²) in [6, 6.07) is 0. The van der Waals surface area contributed by atoms with Gasteiger partial charge in [-0.1, -0.05) is 0 Å². The molecule has 0 amide bonds.